The number of aliphatic imine (C=N–C) groups is 1. The predicted molar refractivity (Wildman–Crippen MR) is 173 cm³/mol. The number of carbonyl (C=O) groups is 1. The van der Waals surface area contributed by atoms with Crippen molar-refractivity contribution < 1.29 is 9.53 Å². The molecule has 0 aromatic carbocycles. The zero-order valence-corrected chi connectivity index (χ0v) is 26.8. The van der Waals surface area contributed by atoms with Gasteiger partial charge in [0.25, 0.3) is 0 Å². The molecule has 0 rings (SSSR count). The van der Waals surface area contributed by atoms with Gasteiger partial charge in [-0.1, -0.05) is 104 Å². The summed E-state index contributed by atoms with van der Waals surface area (Å²) in [5.41, 5.74) is 16.7. The fraction of sp³-hybridized carbons (Fsp3) is 0.879. The molecule has 0 aromatic heterocycles. The van der Waals surface area contributed by atoms with Gasteiger partial charge < -0.3 is 26.8 Å². The minimum Gasteiger partial charge on any atom is -0.462 e. The molecule has 0 aliphatic heterocycles. The maximum absolute atomic E-state index is 12.3. The normalized spacial score (nSPS) is 12.6. The predicted octanol–water partition coefficient (Wildman–Crippen LogP) is 7.57. The summed E-state index contributed by atoms with van der Waals surface area (Å²) in [5, 5.41) is 0. The highest BCUT2D eigenvalue weighted by atomic mass is 16.5. The van der Waals surface area contributed by atoms with Crippen molar-refractivity contribution in [1.29, 1.82) is 0 Å². The van der Waals surface area contributed by atoms with E-state index >= 15 is 0 Å². The molecule has 0 aliphatic carbocycles. The number of rotatable bonds is 29. The highest BCUT2D eigenvalue weighted by Gasteiger charge is 2.12. The summed E-state index contributed by atoms with van der Waals surface area (Å²) < 4.78 is 5.76. The number of hydrogen-bond acceptors (Lipinski definition) is 6. The van der Waals surface area contributed by atoms with Crippen LogP contribution in [0.15, 0.2) is 16.9 Å². The van der Waals surface area contributed by atoms with Crippen molar-refractivity contribution in [1.82, 2.24) is 4.90 Å². The van der Waals surface area contributed by atoms with E-state index in [1.165, 1.54) is 102 Å². The van der Waals surface area contributed by atoms with Crippen LogP contribution in [0.25, 0.3) is 0 Å². The van der Waals surface area contributed by atoms with Crippen molar-refractivity contribution in [3.63, 3.8) is 0 Å². The standard InChI is InChI=1S/C33H67N5O2/c1-4-7-9-11-14-18-23-30(6-3)40-33(39)24-19-15-13-17-21-27-38(26-20-16-12-10-8-5-2)28-22-25-37-32(36)29-31(34)35/h29-30H,4-28,34-35H2,1-3H3,(H2,36,37). The number of ether oxygens (including phenoxy) is 1. The maximum atomic E-state index is 12.3. The van der Waals surface area contributed by atoms with Gasteiger partial charge in [0.05, 0.1) is 5.82 Å². The number of unbranched alkanes of at least 4 members (excludes halogenated alkanes) is 14. The second kappa shape index (κ2) is 28.8. The van der Waals surface area contributed by atoms with Gasteiger partial charge in [0.15, 0.2) is 0 Å². The first-order valence-electron chi connectivity index (χ1n) is 16.9. The first-order valence-corrected chi connectivity index (χ1v) is 16.9. The first-order chi connectivity index (χ1) is 19.4. The van der Waals surface area contributed by atoms with E-state index in [4.69, 9.17) is 21.9 Å². The molecule has 0 spiro atoms. The Bertz CT molecular complexity index is 634. The maximum Gasteiger partial charge on any atom is 0.306 e. The van der Waals surface area contributed by atoms with Crippen molar-refractivity contribution >= 4 is 11.8 Å². The third kappa shape index (κ3) is 26.5. The molecule has 7 nitrogen and oxygen atoms in total. The molecular formula is C33H67N5O2. The largest absolute Gasteiger partial charge is 0.462 e. The van der Waals surface area contributed by atoms with Gasteiger partial charge in [-0.2, -0.15) is 0 Å². The van der Waals surface area contributed by atoms with Crippen molar-refractivity contribution in [3.05, 3.63) is 11.9 Å². The van der Waals surface area contributed by atoms with Crippen molar-refractivity contribution in [2.75, 3.05) is 26.2 Å². The molecule has 0 aromatic rings. The average molecular weight is 566 g/mol. The van der Waals surface area contributed by atoms with Crippen LogP contribution in [0, 0.1) is 0 Å². The van der Waals surface area contributed by atoms with Crippen LogP contribution in [0.1, 0.15) is 156 Å². The zero-order valence-electron chi connectivity index (χ0n) is 26.8. The van der Waals surface area contributed by atoms with E-state index in [2.05, 4.69) is 30.7 Å². The summed E-state index contributed by atoms with van der Waals surface area (Å²) in [4.78, 5) is 19.2. The van der Waals surface area contributed by atoms with Gasteiger partial charge in [0, 0.05) is 19.0 Å². The molecule has 1 atom stereocenters. The quantitative estimate of drug-likeness (QED) is 0.0372. The molecule has 40 heavy (non-hydrogen) atoms. The van der Waals surface area contributed by atoms with Gasteiger partial charge in [-0.05, 0) is 64.6 Å². The lowest BCUT2D eigenvalue weighted by molar-refractivity contribution is -0.149. The number of nitrogens with zero attached hydrogens (tertiary/aromatic N) is 2. The Morgan fingerprint density at radius 3 is 1.75 bits per heavy atom. The lowest BCUT2D eigenvalue weighted by atomic mass is 10.1. The fourth-order valence-electron chi connectivity index (χ4n) is 5.05. The minimum atomic E-state index is -0.00381. The Balaban J connectivity index is 4.13. The monoisotopic (exact) mass is 566 g/mol. The lowest BCUT2D eigenvalue weighted by Crippen LogP contribution is -2.28. The summed E-state index contributed by atoms with van der Waals surface area (Å²) in [5.74, 6) is 0.585. The van der Waals surface area contributed by atoms with Gasteiger partial charge in [0.2, 0.25) is 0 Å². The fourth-order valence-corrected chi connectivity index (χ4v) is 5.05. The highest BCUT2D eigenvalue weighted by Crippen LogP contribution is 2.15. The van der Waals surface area contributed by atoms with Crippen LogP contribution in [0.2, 0.25) is 0 Å². The SMILES string of the molecule is CCCCCCCCC(CC)OC(=O)CCCCCCCN(CCCCCCCC)CCCN=C(N)C=C(N)N. The van der Waals surface area contributed by atoms with Crippen LogP contribution < -0.4 is 17.2 Å². The Morgan fingerprint density at radius 1 is 0.700 bits per heavy atom. The van der Waals surface area contributed by atoms with Crippen LogP contribution >= 0.6 is 0 Å². The molecule has 1 unspecified atom stereocenters. The molecule has 0 bridgehead atoms. The van der Waals surface area contributed by atoms with Crippen molar-refractivity contribution in [2.24, 2.45) is 22.2 Å². The third-order valence-corrected chi connectivity index (χ3v) is 7.56. The molecule has 0 saturated heterocycles. The second-order valence-electron chi connectivity index (χ2n) is 11.5. The Morgan fingerprint density at radius 2 is 1.20 bits per heavy atom. The number of carbonyl (C=O) groups excluding carboxylic acids is 1. The number of amidine groups is 1. The molecule has 0 amide bonds. The Hall–Kier alpha value is -1.76. The van der Waals surface area contributed by atoms with Gasteiger partial charge in [-0.3, -0.25) is 9.79 Å². The van der Waals surface area contributed by atoms with Crippen molar-refractivity contribution in [2.45, 2.75) is 162 Å². The average Bonchev–Trinajstić information content (AvgIpc) is 2.92. The number of esters is 1. The van der Waals surface area contributed by atoms with Crippen LogP contribution in [0.3, 0.4) is 0 Å². The highest BCUT2D eigenvalue weighted by molar-refractivity contribution is 5.91. The van der Waals surface area contributed by atoms with E-state index in [0.717, 1.165) is 51.7 Å². The van der Waals surface area contributed by atoms with Crippen molar-refractivity contribution in [3.8, 4) is 0 Å². The summed E-state index contributed by atoms with van der Waals surface area (Å²) in [6, 6.07) is 0. The van der Waals surface area contributed by atoms with Gasteiger partial charge in [-0.15, -0.1) is 0 Å². The molecule has 6 N–H and O–H groups in total. The van der Waals surface area contributed by atoms with E-state index in [1.54, 1.807) is 0 Å². The Kier molecular flexibility index (Phi) is 27.5. The minimum absolute atomic E-state index is 0.00381. The van der Waals surface area contributed by atoms with Crippen LogP contribution in [-0.4, -0.2) is 49.0 Å². The van der Waals surface area contributed by atoms with Crippen LogP contribution in [0.5, 0.6) is 0 Å². The molecular weight excluding hydrogens is 498 g/mol. The molecule has 0 aliphatic rings. The number of hydrogen-bond donors (Lipinski definition) is 3. The van der Waals surface area contributed by atoms with Gasteiger partial charge in [0.1, 0.15) is 11.9 Å². The second-order valence-corrected chi connectivity index (χ2v) is 11.5. The third-order valence-electron chi connectivity index (χ3n) is 7.56. The summed E-state index contributed by atoms with van der Waals surface area (Å²) in [6.07, 6.45) is 26.3. The molecule has 0 saturated carbocycles. The number of nitrogens with two attached hydrogens (primary N) is 3. The first kappa shape index (κ1) is 38.2. The van der Waals surface area contributed by atoms with Gasteiger partial charge >= 0.3 is 5.97 Å². The lowest BCUT2D eigenvalue weighted by Gasteiger charge is -2.22. The summed E-state index contributed by atoms with van der Waals surface area (Å²) >= 11 is 0. The van der Waals surface area contributed by atoms with E-state index in [9.17, 15) is 4.79 Å². The molecule has 0 radical (unpaired) electrons. The Labute approximate surface area is 248 Å². The van der Waals surface area contributed by atoms with E-state index < -0.39 is 0 Å². The van der Waals surface area contributed by atoms with E-state index in [0.29, 0.717) is 18.8 Å². The zero-order chi connectivity index (χ0) is 29.7. The molecule has 7 heteroatoms. The smallest absolute Gasteiger partial charge is 0.306 e. The van der Waals surface area contributed by atoms with Gasteiger partial charge in [-0.25, -0.2) is 0 Å². The molecule has 0 fully saturated rings. The van der Waals surface area contributed by atoms with Crippen LogP contribution in [-0.2, 0) is 9.53 Å². The van der Waals surface area contributed by atoms with E-state index in [1.807, 2.05) is 0 Å². The molecule has 236 valence electrons. The summed E-state index contributed by atoms with van der Waals surface area (Å²) in [7, 11) is 0. The molecule has 0 heterocycles. The topological polar surface area (TPSA) is 120 Å². The van der Waals surface area contributed by atoms with Crippen LogP contribution in [0.4, 0.5) is 0 Å². The van der Waals surface area contributed by atoms with E-state index in [-0.39, 0.29) is 17.9 Å². The summed E-state index contributed by atoms with van der Waals surface area (Å²) in [6.45, 7) is 10.7.